The third-order valence-corrected chi connectivity index (χ3v) is 19.3. The molecule has 23 rings (SSSR count). The number of fused-ring (bicyclic) bond motifs is 30. The summed E-state index contributed by atoms with van der Waals surface area (Å²) in [6.45, 7) is 14.9. The fraction of sp³-hybridized carbons (Fsp3) is 0.0323. The summed E-state index contributed by atoms with van der Waals surface area (Å²) in [5, 5.41) is 8.72. The van der Waals surface area contributed by atoms with Crippen LogP contribution in [0.2, 0.25) is 0 Å². The normalized spacial score (nSPS) is 13.3. The number of para-hydroxylation sites is 9. The molecule has 585 valence electrons. The van der Waals surface area contributed by atoms with E-state index in [2.05, 4.69) is 329 Å². The molecule has 0 aliphatic carbocycles. The van der Waals surface area contributed by atoms with E-state index in [9.17, 15) is 0 Å². The van der Waals surface area contributed by atoms with Crippen molar-refractivity contribution in [3.05, 3.63) is 434 Å². The van der Waals surface area contributed by atoms with Crippen molar-refractivity contribution < 1.29 is 264 Å². The van der Waals surface area contributed by atoms with Gasteiger partial charge < -0.3 is 95.5 Å². The van der Waals surface area contributed by atoms with Crippen LogP contribution in [0.15, 0.2) is 311 Å². The number of benzene rings is 10. The quantitative estimate of drug-likeness (QED) is 0.158. The number of hydrogen-bond acceptors (Lipinski definition) is 12. The first-order valence-electron chi connectivity index (χ1n) is 34.3. The van der Waals surface area contributed by atoms with Gasteiger partial charge in [-0.1, -0.05) is 131 Å². The second-order valence-electron chi connectivity index (χ2n) is 25.6. The van der Waals surface area contributed by atoms with Gasteiger partial charge in [0.25, 0.3) is 0 Å². The molecule has 15 nitrogen and oxygen atoms in total. The average molecular weight is 2810 g/mol. The molecule has 10 aromatic carbocycles. The van der Waals surface area contributed by atoms with Gasteiger partial charge in [0.1, 0.15) is 0 Å². The fourth-order valence-corrected chi connectivity index (χ4v) is 14.5. The molecule has 0 unspecified atom stereocenters. The Hall–Kier alpha value is -4.76. The van der Waals surface area contributed by atoms with Gasteiger partial charge in [0.15, 0.2) is 0 Å². The van der Waals surface area contributed by atoms with Crippen LogP contribution in [0, 0.1) is 101 Å². The molecule has 0 N–H and O–H groups in total. The van der Waals surface area contributed by atoms with E-state index in [0.717, 1.165) is 85.3 Å². The van der Waals surface area contributed by atoms with Crippen LogP contribution in [0.4, 0.5) is 51.2 Å². The summed E-state index contributed by atoms with van der Waals surface area (Å²) in [7, 11) is 0. The number of rotatable bonds is 4. The molecule has 0 bridgehead atoms. The Labute approximate surface area is 891 Å². The molecular formula is C93H78Ir5N15Y5. The van der Waals surface area contributed by atoms with E-state index < -0.39 is 0 Å². The molecule has 0 fully saturated rings. The van der Waals surface area contributed by atoms with Crippen molar-refractivity contribution in [3.8, 4) is 39.3 Å². The maximum Gasteiger partial charge on any atom is 3.00 e. The van der Waals surface area contributed by atoms with E-state index in [0.29, 0.717) is 6.04 Å². The Kier molecular flexibility index (Phi) is 41.9. The standard InChI is InChI=1S/C19H13N3.2C18H12N4.C18H16N2.C15H10N2.5CH3.5Ir.5Y/c1-2-7-15(8-3-1)20-13-19-18-11-6-12-21(18)16-9-4-5-10-17(16)22(19)14-20;1-2-6-14(7-3-1)20-11-18-17-10-19-12-21(17)15-8-4-5-9-16(15)22(18)13-20;1-2-6-14(7-3-1)20-12-18-17-10-11-19-22(17)16-9-5-4-8-15(16)21(18)13-20;1-13(2)19-11-18-16-9-4-3-7-14(16)15-8-5-6-10-17(15)20(18)12-19;1-3-8-14-12(6-1)13-7-2-4-9-15(13)17-11-5-10-16(14)17;;;;;;;;;;;;;;;/h1-9,11-14H;1-8,10-13H;1-7,9-13H;3-9,11-13H,1-2H3;1-8,10-11H;5*1H3;;;;;;;;;;/q5*-2;5*-1;5*+3;;;;;. The maximum absolute atomic E-state index is 4.45. The van der Waals surface area contributed by atoms with Crippen molar-refractivity contribution in [2.75, 3.05) is 44.3 Å². The summed E-state index contributed by atoms with van der Waals surface area (Å²) >= 11 is 0. The van der Waals surface area contributed by atoms with Gasteiger partial charge in [-0.25, -0.2) is 4.98 Å². The minimum atomic E-state index is 0. The van der Waals surface area contributed by atoms with Gasteiger partial charge in [-0.15, -0.1) is 62.1 Å². The third kappa shape index (κ3) is 20.0. The molecule has 0 spiro atoms. The van der Waals surface area contributed by atoms with Gasteiger partial charge in [0, 0.05) is 204 Å². The molecule has 0 saturated carbocycles. The fourth-order valence-electron chi connectivity index (χ4n) is 14.5. The van der Waals surface area contributed by atoms with Gasteiger partial charge in [0.2, 0.25) is 0 Å². The molecule has 5 radical (unpaired) electrons. The molecule has 10 aliphatic rings. The summed E-state index contributed by atoms with van der Waals surface area (Å²) in [5.41, 5.74) is 27.6. The van der Waals surface area contributed by atoms with Crippen LogP contribution in [-0.2, 0) is 264 Å². The predicted octanol–water partition coefficient (Wildman–Crippen LogP) is 20.6. The molecular weight excluding hydrogens is 2730 g/mol. The topological polar surface area (TPSA) is 73.0 Å². The monoisotopic (exact) mass is 2810 g/mol. The second-order valence-corrected chi connectivity index (χ2v) is 25.6. The number of imidazole rings is 1. The molecule has 0 atom stereocenters. The minimum absolute atomic E-state index is 0. The first-order valence-corrected chi connectivity index (χ1v) is 34.3. The first kappa shape index (κ1) is 106. The van der Waals surface area contributed by atoms with E-state index >= 15 is 0 Å². The average Bonchev–Trinajstić information content (AvgIpc) is 1.60. The molecule has 13 aromatic rings. The summed E-state index contributed by atoms with van der Waals surface area (Å²) in [5.74, 6) is 0. The smallest absolute Gasteiger partial charge is 0.505 e. The first-order chi connectivity index (χ1) is 51.0. The third-order valence-electron chi connectivity index (χ3n) is 19.3. The zero-order valence-corrected chi connectivity index (χ0v) is 91.8. The van der Waals surface area contributed by atoms with Gasteiger partial charge in [-0.2, -0.15) is 121 Å². The number of hydrazine groups is 1. The molecule has 0 saturated heterocycles. The second kappa shape index (κ2) is 46.8. The van der Waals surface area contributed by atoms with Crippen LogP contribution >= 0.6 is 0 Å². The number of nitrogens with zero attached hydrogens (tertiary/aromatic N) is 15. The van der Waals surface area contributed by atoms with E-state index in [1.807, 2.05) is 133 Å². The zero-order chi connectivity index (χ0) is 68.5. The predicted molar refractivity (Wildman–Crippen MR) is 444 cm³/mol. The van der Waals surface area contributed by atoms with Gasteiger partial charge in [0.05, 0.1) is 41.0 Å². The molecule has 118 heavy (non-hydrogen) atoms. The number of aromatic nitrogens is 5. The van der Waals surface area contributed by atoms with Crippen molar-refractivity contribution in [2.24, 2.45) is 0 Å². The van der Waals surface area contributed by atoms with Crippen molar-refractivity contribution in [2.45, 2.75) is 19.9 Å². The largest absolute Gasteiger partial charge is 3.00 e. The van der Waals surface area contributed by atoms with Crippen LogP contribution in [0.1, 0.15) is 36.5 Å². The van der Waals surface area contributed by atoms with Crippen LogP contribution in [-0.4, -0.2) is 34.8 Å². The van der Waals surface area contributed by atoms with E-state index in [-0.39, 0.29) is 301 Å². The SMILES string of the molecule is CC(C)N1C=C2c3ccccc3-c3ccc[c-]c3N2[CH-]1.[CH3-].[CH3-].[CH3-].[CH3-].[CH3-].[Ir+3].[Ir+3].[Ir+3].[Ir+3].[Ir+3].[Y].[Y].[Y].[Y].[Y].[c-]1cccc2c1N1[CH-]C=CN1c1ccccc1-2.[c-]1cccc2c1N1[CH-]N(c3ccccc3)C=C1c1cccn1-2.[c-]1cccc2c1N1[CH-]N(c3ccccc3)C=C1c1ccnn1-2.[c-]1cccc2c1N1[CH-]N(c3ccccc3)C=C1c1cncn1-2. The van der Waals surface area contributed by atoms with E-state index in [1.54, 1.807) is 0 Å². The molecule has 13 heterocycles. The van der Waals surface area contributed by atoms with Crippen LogP contribution in [0.3, 0.4) is 0 Å². The van der Waals surface area contributed by atoms with E-state index in [1.165, 1.54) is 50.6 Å². The summed E-state index contributed by atoms with van der Waals surface area (Å²) in [4.78, 5) is 21.8. The summed E-state index contributed by atoms with van der Waals surface area (Å²) < 4.78 is 6.30. The Balaban J connectivity index is 0.000000301. The van der Waals surface area contributed by atoms with Crippen LogP contribution in [0.5, 0.6) is 0 Å². The van der Waals surface area contributed by atoms with Gasteiger partial charge in [-0.3, -0.25) is 4.68 Å². The maximum atomic E-state index is 4.45. The molecule has 25 heteroatoms. The number of hydrogen-bond donors (Lipinski definition) is 0. The Bertz CT molecular complexity index is 5230. The van der Waals surface area contributed by atoms with Crippen LogP contribution < -0.4 is 44.3 Å². The van der Waals surface area contributed by atoms with Gasteiger partial charge >= 0.3 is 101 Å². The Morgan fingerprint density at radius 2 is 0.763 bits per heavy atom. The molecule has 10 aliphatic heterocycles. The minimum Gasteiger partial charge on any atom is -0.505 e. The zero-order valence-electron chi connectivity index (χ0n) is 65.7. The van der Waals surface area contributed by atoms with Crippen molar-refractivity contribution in [1.29, 1.82) is 0 Å². The van der Waals surface area contributed by atoms with Crippen molar-refractivity contribution in [3.63, 3.8) is 0 Å². The summed E-state index contributed by atoms with van der Waals surface area (Å²) in [6.07, 6.45) is 20.5. The summed E-state index contributed by atoms with van der Waals surface area (Å²) in [6, 6.07) is 102. The Morgan fingerprint density at radius 1 is 0.347 bits per heavy atom. The molecule has 0 amide bonds. The number of anilines is 9. The van der Waals surface area contributed by atoms with Gasteiger partial charge in [-0.05, 0) is 140 Å². The Morgan fingerprint density at radius 3 is 1.31 bits per heavy atom. The van der Waals surface area contributed by atoms with E-state index in [4.69, 9.17) is 0 Å². The molecule has 3 aromatic heterocycles. The van der Waals surface area contributed by atoms with Crippen molar-refractivity contribution >= 4 is 74.0 Å². The van der Waals surface area contributed by atoms with Crippen LogP contribution in [0.25, 0.3) is 62.1 Å². The van der Waals surface area contributed by atoms with Crippen molar-refractivity contribution in [1.82, 2.24) is 28.8 Å².